The van der Waals surface area contributed by atoms with E-state index in [1.165, 1.54) is 4.90 Å². The molecule has 1 aromatic rings. The molecule has 0 saturated heterocycles. The van der Waals surface area contributed by atoms with Crippen LogP contribution in [0.4, 0.5) is 5.69 Å². The van der Waals surface area contributed by atoms with Crippen LogP contribution in [0.2, 0.25) is 0 Å². The van der Waals surface area contributed by atoms with Gasteiger partial charge in [-0.1, -0.05) is 73.4 Å². The Bertz CT molecular complexity index is 472. The fourth-order valence-corrected chi connectivity index (χ4v) is 3.55. The highest BCUT2D eigenvalue weighted by Crippen LogP contribution is 2.42. The zero-order valence-electron chi connectivity index (χ0n) is 16.4. The summed E-state index contributed by atoms with van der Waals surface area (Å²) in [6.45, 7) is 16.4. The Morgan fingerprint density at radius 2 is 1.57 bits per heavy atom. The van der Waals surface area contributed by atoms with Gasteiger partial charge in [-0.15, -0.1) is 0 Å². The smallest absolute Gasteiger partial charge is 0.130 e. The van der Waals surface area contributed by atoms with E-state index in [1.54, 1.807) is 7.11 Å². The lowest BCUT2D eigenvalue weighted by Crippen LogP contribution is -2.32. The number of nitrogens with one attached hydrogen (secondary N) is 1. The summed E-state index contributed by atoms with van der Waals surface area (Å²) in [5.41, 5.74) is 3.89. The fourth-order valence-electron chi connectivity index (χ4n) is 1.89. The van der Waals surface area contributed by atoms with Gasteiger partial charge in [0, 0.05) is 16.1 Å². The molecule has 0 saturated carbocycles. The van der Waals surface area contributed by atoms with Crippen molar-refractivity contribution >= 4 is 27.9 Å². The Hall–Kier alpha value is -1.13. The van der Waals surface area contributed by atoms with Crippen LogP contribution in [0.3, 0.4) is 0 Å². The Balaban J connectivity index is 0. The molecule has 0 radical (unpaired) electrons. The summed E-state index contributed by atoms with van der Waals surface area (Å²) >= 11 is 0. The lowest BCUT2D eigenvalue weighted by molar-refractivity contribution is 0.140. The van der Waals surface area contributed by atoms with E-state index in [-0.39, 0.29) is 10.5 Å². The van der Waals surface area contributed by atoms with Crippen LogP contribution in [0.5, 0.6) is 0 Å². The van der Waals surface area contributed by atoms with Crippen molar-refractivity contribution in [1.29, 1.82) is 0 Å². The van der Waals surface area contributed by atoms with E-state index < -0.39 is 0 Å². The van der Waals surface area contributed by atoms with Gasteiger partial charge in [-0.2, -0.15) is 10.5 Å². The molecule has 3 atom stereocenters. The van der Waals surface area contributed by atoms with Crippen molar-refractivity contribution in [2.75, 3.05) is 7.11 Å². The van der Waals surface area contributed by atoms with Crippen molar-refractivity contribution in [1.82, 2.24) is 5.48 Å². The number of benzene rings is 1. The van der Waals surface area contributed by atoms with E-state index >= 15 is 0 Å². The van der Waals surface area contributed by atoms with Gasteiger partial charge in [-0.25, -0.2) is 4.99 Å². The van der Waals surface area contributed by atoms with Crippen molar-refractivity contribution in [3.05, 3.63) is 24.3 Å². The Morgan fingerprint density at radius 1 is 1.04 bits per heavy atom. The van der Waals surface area contributed by atoms with E-state index in [9.17, 15) is 0 Å². The lowest BCUT2D eigenvalue weighted by atomic mass is 10.1. The maximum Gasteiger partial charge on any atom is 0.130 e. The number of rotatable bonds is 1. The van der Waals surface area contributed by atoms with Gasteiger partial charge in [0.1, 0.15) is 5.84 Å². The molecule has 0 fully saturated rings. The van der Waals surface area contributed by atoms with Crippen molar-refractivity contribution in [2.24, 2.45) is 10.9 Å². The van der Waals surface area contributed by atoms with E-state index in [4.69, 9.17) is 4.84 Å². The molecule has 1 N–H and O–H groups in total. The quantitative estimate of drug-likeness (QED) is 0.499. The summed E-state index contributed by atoms with van der Waals surface area (Å²) in [7, 11) is 1.57. The van der Waals surface area contributed by atoms with Gasteiger partial charge < -0.3 is 0 Å². The Kier molecular flexibility index (Phi) is 15.2. The van der Waals surface area contributed by atoms with Gasteiger partial charge in [0.05, 0.1) is 12.8 Å². The minimum atomic E-state index is -0.0418. The van der Waals surface area contributed by atoms with Gasteiger partial charge in [0.15, 0.2) is 0 Å². The largest absolute Gasteiger partial charge is 0.278 e. The first-order valence-corrected chi connectivity index (χ1v) is 10.1. The lowest BCUT2D eigenvalue weighted by Gasteiger charge is -2.21. The summed E-state index contributed by atoms with van der Waals surface area (Å²) in [4.78, 5) is 10.9. The molecule has 23 heavy (non-hydrogen) atoms. The van der Waals surface area contributed by atoms with Gasteiger partial charge >= 0.3 is 0 Å². The molecular formula is C19H36N2OS. The standard InChI is InChI=1S/C13H18N2OS.3C2H6/c1-9-10(2)17(4)12-8-6-5-7-11(12)14-13(9)15-16-3;3*1-2/h5-10H,4H2,1-3H3,(H,14,15);3*1-2H3. The third kappa shape index (κ3) is 6.88. The number of para-hydroxylation sites is 1. The fraction of sp³-hybridized carbons (Fsp3) is 0.579. The molecule has 4 heteroatoms. The van der Waals surface area contributed by atoms with E-state index in [0.29, 0.717) is 11.2 Å². The number of hydroxylamine groups is 1. The zero-order valence-corrected chi connectivity index (χ0v) is 17.3. The monoisotopic (exact) mass is 340 g/mol. The molecule has 2 rings (SSSR count). The van der Waals surface area contributed by atoms with Crippen molar-refractivity contribution in [3.8, 4) is 0 Å². The third-order valence-electron chi connectivity index (χ3n) is 3.18. The summed E-state index contributed by atoms with van der Waals surface area (Å²) in [6.07, 6.45) is 0. The van der Waals surface area contributed by atoms with Crippen LogP contribution >= 0.6 is 10.5 Å². The maximum atomic E-state index is 5.01. The first kappa shape index (κ1) is 24.1. The van der Waals surface area contributed by atoms with E-state index in [0.717, 1.165) is 11.5 Å². The van der Waals surface area contributed by atoms with Crippen LogP contribution in [-0.4, -0.2) is 24.1 Å². The molecule has 1 aliphatic rings. The number of hydrogen-bond acceptors (Lipinski definition) is 3. The summed E-state index contributed by atoms with van der Waals surface area (Å²) in [6, 6.07) is 8.20. The average Bonchev–Trinajstić information content (AvgIpc) is 2.72. The van der Waals surface area contributed by atoms with Crippen molar-refractivity contribution in [2.45, 2.75) is 65.5 Å². The van der Waals surface area contributed by atoms with Crippen molar-refractivity contribution in [3.63, 3.8) is 0 Å². The summed E-state index contributed by atoms with van der Waals surface area (Å²) in [5.74, 6) is 5.50. The molecule has 0 bridgehead atoms. The molecule has 3 nitrogen and oxygen atoms in total. The van der Waals surface area contributed by atoms with Crippen LogP contribution in [-0.2, 0) is 4.84 Å². The molecule has 1 aromatic carbocycles. The minimum Gasteiger partial charge on any atom is -0.278 e. The predicted molar refractivity (Wildman–Crippen MR) is 109 cm³/mol. The van der Waals surface area contributed by atoms with Gasteiger partial charge in [0.2, 0.25) is 0 Å². The second kappa shape index (κ2) is 14.5. The number of fused-ring (bicyclic) bond motifs is 1. The molecule has 0 aliphatic carbocycles. The summed E-state index contributed by atoms with van der Waals surface area (Å²) < 4.78 is 0. The minimum absolute atomic E-state index is 0.0418. The summed E-state index contributed by atoms with van der Waals surface area (Å²) in [5, 5.41) is 0.444. The van der Waals surface area contributed by atoms with Gasteiger partial charge in [0.25, 0.3) is 0 Å². The molecule has 1 aliphatic heterocycles. The van der Waals surface area contributed by atoms with Crippen LogP contribution in [0, 0.1) is 5.92 Å². The van der Waals surface area contributed by atoms with Crippen LogP contribution in [0.25, 0.3) is 0 Å². The molecule has 3 unspecified atom stereocenters. The van der Waals surface area contributed by atoms with E-state index in [1.807, 2.05) is 59.7 Å². The van der Waals surface area contributed by atoms with Crippen LogP contribution in [0.1, 0.15) is 55.4 Å². The third-order valence-corrected chi connectivity index (χ3v) is 5.40. The maximum absolute atomic E-state index is 5.01. The number of amidine groups is 1. The van der Waals surface area contributed by atoms with E-state index in [2.05, 4.69) is 36.3 Å². The first-order valence-electron chi connectivity index (χ1n) is 8.64. The number of hydrogen-bond donors (Lipinski definition) is 1. The first-order chi connectivity index (χ1) is 11.1. The highest BCUT2D eigenvalue weighted by atomic mass is 32.2. The molecular weight excluding hydrogens is 304 g/mol. The van der Waals surface area contributed by atoms with Crippen molar-refractivity contribution < 1.29 is 4.84 Å². The highest BCUT2D eigenvalue weighted by molar-refractivity contribution is 8.14. The average molecular weight is 341 g/mol. The zero-order chi connectivity index (χ0) is 18.4. The SMILES string of the molecule is C=S1c2ccccc2N=C(NOC)C(C)C1C.CC.CC.CC. The molecule has 0 aromatic heterocycles. The Morgan fingerprint density at radius 3 is 2.09 bits per heavy atom. The van der Waals surface area contributed by atoms with Gasteiger partial charge in [-0.3, -0.25) is 10.3 Å². The normalized spacial score (nSPS) is 21.4. The van der Waals surface area contributed by atoms with Crippen LogP contribution < -0.4 is 5.48 Å². The second-order valence-electron chi connectivity index (χ2n) is 4.19. The molecule has 0 spiro atoms. The second-order valence-corrected chi connectivity index (χ2v) is 6.23. The highest BCUT2D eigenvalue weighted by Gasteiger charge is 2.25. The molecule has 1 heterocycles. The topological polar surface area (TPSA) is 33.6 Å². The Labute approximate surface area is 146 Å². The number of nitrogens with zero attached hydrogens (tertiary/aromatic N) is 1. The van der Waals surface area contributed by atoms with Gasteiger partial charge in [-0.05, 0) is 12.1 Å². The molecule has 0 amide bonds. The predicted octanol–water partition coefficient (Wildman–Crippen LogP) is 6.04. The van der Waals surface area contributed by atoms with Crippen LogP contribution in [0.15, 0.2) is 34.2 Å². The molecule has 134 valence electrons. The number of aliphatic imine (C=N–C) groups is 1.